The number of halogens is 2. The second-order valence-corrected chi connectivity index (χ2v) is 7.47. The van der Waals surface area contributed by atoms with Crippen molar-refractivity contribution in [3.8, 4) is 0 Å². The smallest absolute Gasteiger partial charge is 0.295 e. The van der Waals surface area contributed by atoms with E-state index in [9.17, 15) is 18.4 Å². The molecule has 136 valence electrons. The van der Waals surface area contributed by atoms with Crippen molar-refractivity contribution in [2.24, 2.45) is 5.92 Å². The summed E-state index contributed by atoms with van der Waals surface area (Å²) in [5, 5.41) is 1.74. The second-order valence-electron chi connectivity index (χ2n) is 6.52. The molecule has 0 radical (unpaired) electrons. The lowest BCUT2D eigenvalue weighted by molar-refractivity contribution is -0.128. The van der Waals surface area contributed by atoms with Gasteiger partial charge in [-0.3, -0.25) is 15.0 Å². The molecule has 0 bridgehead atoms. The van der Waals surface area contributed by atoms with Crippen molar-refractivity contribution >= 4 is 23.0 Å². The summed E-state index contributed by atoms with van der Waals surface area (Å²) in [6, 6.07) is 6.49. The molecule has 2 aliphatic rings. The van der Waals surface area contributed by atoms with Gasteiger partial charge in [0.1, 0.15) is 11.6 Å². The summed E-state index contributed by atoms with van der Waals surface area (Å²) in [5.41, 5.74) is 6.00. The number of hydrogen-bond acceptors (Lipinski definition) is 5. The molecule has 2 fully saturated rings. The predicted molar refractivity (Wildman–Crippen MR) is 92.5 cm³/mol. The zero-order valence-electron chi connectivity index (χ0n) is 13.7. The van der Waals surface area contributed by atoms with Gasteiger partial charge in [0.05, 0.1) is 10.9 Å². The molecule has 1 aromatic carbocycles. The minimum atomic E-state index is -0.622. The molecule has 2 N–H and O–H groups in total. The van der Waals surface area contributed by atoms with Crippen molar-refractivity contribution in [1.29, 1.82) is 0 Å². The van der Waals surface area contributed by atoms with E-state index >= 15 is 0 Å². The number of nitrogens with zero attached hydrogens (tertiary/aromatic N) is 1. The Morgan fingerprint density at radius 3 is 2.58 bits per heavy atom. The number of ketones is 1. The summed E-state index contributed by atoms with van der Waals surface area (Å²) < 4.78 is 28.4. The van der Waals surface area contributed by atoms with Gasteiger partial charge < -0.3 is 4.90 Å². The monoisotopic (exact) mass is 377 g/mol. The first-order valence-electron chi connectivity index (χ1n) is 8.38. The van der Waals surface area contributed by atoms with E-state index in [1.807, 2.05) is 0 Å². The fraction of sp³-hybridized carbons (Fsp3) is 0.333. The number of benzene rings is 1. The molecule has 26 heavy (non-hydrogen) atoms. The van der Waals surface area contributed by atoms with Crippen molar-refractivity contribution in [3.63, 3.8) is 0 Å². The summed E-state index contributed by atoms with van der Waals surface area (Å²) in [6.07, 6.45) is 0.605. The molecule has 3 heterocycles. The molecule has 0 spiro atoms. The van der Waals surface area contributed by atoms with Crippen molar-refractivity contribution in [2.45, 2.75) is 18.5 Å². The summed E-state index contributed by atoms with van der Waals surface area (Å²) in [5.74, 6) is -2.57. The summed E-state index contributed by atoms with van der Waals surface area (Å²) in [4.78, 5) is 26.8. The van der Waals surface area contributed by atoms with Gasteiger partial charge in [-0.25, -0.2) is 14.2 Å². The molecule has 3 atom stereocenters. The number of rotatable bonds is 3. The van der Waals surface area contributed by atoms with Crippen LogP contribution in [0.1, 0.15) is 27.7 Å². The number of piperidine rings is 1. The summed E-state index contributed by atoms with van der Waals surface area (Å²) >= 11 is 1.22. The Morgan fingerprint density at radius 2 is 1.88 bits per heavy atom. The number of hydrogen-bond donors (Lipinski definition) is 2. The van der Waals surface area contributed by atoms with Gasteiger partial charge in [-0.05, 0) is 30.0 Å². The van der Waals surface area contributed by atoms with E-state index in [0.29, 0.717) is 17.8 Å². The fourth-order valence-electron chi connectivity index (χ4n) is 3.74. The Kier molecular flexibility index (Phi) is 4.56. The van der Waals surface area contributed by atoms with Crippen LogP contribution in [-0.2, 0) is 4.79 Å². The zero-order chi connectivity index (χ0) is 18.3. The Hall–Kier alpha value is -2.16. The highest BCUT2D eigenvalue weighted by Gasteiger charge is 2.44. The second kappa shape index (κ2) is 6.86. The lowest BCUT2D eigenvalue weighted by Gasteiger charge is -2.35. The topological polar surface area (TPSA) is 61.4 Å². The van der Waals surface area contributed by atoms with Crippen molar-refractivity contribution in [3.05, 3.63) is 57.8 Å². The van der Waals surface area contributed by atoms with E-state index in [4.69, 9.17) is 0 Å². The van der Waals surface area contributed by atoms with Crippen LogP contribution in [0.5, 0.6) is 0 Å². The lowest BCUT2D eigenvalue weighted by atomic mass is 9.84. The Morgan fingerprint density at radius 1 is 1.12 bits per heavy atom. The van der Waals surface area contributed by atoms with Crippen LogP contribution in [0.15, 0.2) is 35.7 Å². The molecule has 1 amide bonds. The van der Waals surface area contributed by atoms with Gasteiger partial charge in [0.25, 0.3) is 11.7 Å². The molecule has 0 saturated carbocycles. The number of carbonyl (C=O) groups excluding carboxylic acids is 2. The van der Waals surface area contributed by atoms with Gasteiger partial charge >= 0.3 is 0 Å². The number of nitrogens with one attached hydrogen (secondary N) is 2. The zero-order valence-corrected chi connectivity index (χ0v) is 14.6. The maximum absolute atomic E-state index is 14.2. The average Bonchev–Trinajstić information content (AvgIpc) is 3.30. The molecule has 3 unspecified atom stereocenters. The normalized spacial score (nSPS) is 25.2. The highest BCUT2D eigenvalue weighted by Crippen LogP contribution is 2.36. The molecule has 2 aliphatic heterocycles. The van der Waals surface area contributed by atoms with Crippen LogP contribution in [0.3, 0.4) is 0 Å². The van der Waals surface area contributed by atoms with E-state index in [1.165, 1.54) is 34.4 Å². The van der Waals surface area contributed by atoms with Gasteiger partial charge in [-0.2, -0.15) is 0 Å². The number of hydrazine groups is 1. The van der Waals surface area contributed by atoms with Crippen molar-refractivity contribution in [2.75, 3.05) is 13.1 Å². The number of thiophene rings is 1. The largest absolute Gasteiger partial charge is 0.335 e. The molecule has 2 saturated heterocycles. The van der Waals surface area contributed by atoms with Gasteiger partial charge in [-0.15, -0.1) is 11.3 Å². The molecule has 4 rings (SSSR count). The Balaban J connectivity index is 1.55. The highest BCUT2D eigenvalue weighted by molar-refractivity contribution is 7.13. The van der Waals surface area contributed by atoms with Gasteiger partial charge in [0.2, 0.25) is 0 Å². The van der Waals surface area contributed by atoms with Gasteiger partial charge in [0, 0.05) is 30.6 Å². The molecule has 0 aliphatic carbocycles. The third kappa shape index (κ3) is 2.94. The summed E-state index contributed by atoms with van der Waals surface area (Å²) in [7, 11) is 0. The molecule has 5 nitrogen and oxygen atoms in total. The number of amides is 1. The maximum Gasteiger partial charge on any atom is 0.295 e. The maximum atomic E-state index is 14.2. The van der Waals surface area contributed by atoms with Gasteiger partial charge in [0.15, 0.2) is 0 Å². The van der Waals surface area contributed by atoms with Crippen LogP contribution in [0.2, 0.25) is 0 Å². The molecule has 1 aromatic heterocycles. The highest BCUT2D eigenvalue weighted by atomic mass is 32.1. The van der Waals surface area contributed by atoms with Crippen LogP contribution >= 0.6 is 11.3 Å². The van der Waals surface area contributed by atoms with Gasteiger partial charge in [-0.1, -0.05) is 12.1 Å². The van der Waals surface area contributed by atoms with E-state index in [2.05, 4.69) is 10.9 Å². The first-order chi connectivity index (χ1) is 12.6. The van der Waals surface area contributed by atoms with Crippen LogP contribution < -0.4 is 10.9 Å². The predicted octanol–water partition coefficient (Wildman–Crippen LogP) is 2.28. The molecule has 8 heteroatoms. The first kappa shape index (κ1) is 17.3. The van der Waals surface area contributed by atoms with Crippen molar-refractivity contribution < 1.29 is 18.4 Å². The van der Waals surface area contributed by atoms with Crippen LogP contribution in [0.25, 0.3) is 0 Å². The van der Waals surface area contributed by atoms with E-state index < -0.39 is 29.4 Å². The molecular formula is C18H17F2N3O2S. The van der Waals surface area contributed by atoms with E-state index in [-0.39, 0.29) is 24.1 Å². The molecular weight excluding hydrogens is 360 g/mol. The first-order valence-corrected chi connectivity index (χ1v) is 9.26. The average molecular weight is 377 g/mol. The third-order valence-electron chi connectivity index (χ3n) is 5.05. The number of Topliss-reactive ketones (excluding diaryl/α,β-unsaturated/α-hetero) is 1. The fourth-order valence-corrected chi connectivity index (χ4v) is 4.39. The van der Waals surface area contributed by atoms with E-state index in [0.717, 1.165) is 0 Å². The lowest BCUT2D eigenvalue weighted by Crippen LogP contribution is -2.49. The van der Waals surface area contributed by atoms with Crippen LogP contribution in [0, 0.1) is 17.6 Å². The number of carbonyl (C=O) groups is 2. The minimum Gasteiger partial charge on any atom is -0.335 e. The van der Waals surface area contributed by atoms with Crippen LogP contribution in [0.4, 0.5) is 8.78 Å². The number of likely N-dealkylation sites (tertiary alicyclic amines) is 1. The quantitative estimate of drug-likeness (QED) is 0.636. The minimum absolute atomic E-state index is 0.0140. The SMILES string of the molecule is O=C(C(=O)N1CCC2NNC(c3c(F)cccc3F)C2C1)c1cccs1. The standard InChI is InChI=1S/C18H17F2N3O2S/c19-11-3-1-4-12(20)15(11)16-10-9-23(7-6-13(10)21-22-16)18(25)17(24)14-5-2-8-26-14/h1-5,8,10,13,16,21-22H,6-7,9H2. The third-order valence-corrected chi connectivity index (χ3v) is 5.92. The Bertz CT molecular complexity index is 823. The summed E-state index contributed by atoms with van der Waals surface area (Å²) in [6.45, 7) is 0.692. The molecule has 2 aromatic rings. The van der Waals surface area contributed by atoms with E-state index in [1.54, 1.807) is 17.5 Å². The Labute approximate surface area is 153 Å². The van der Waals surface area contributed by atoms with Crippen LogP contribution in [-0.4, -0.2) is 35.7 Å². The number of fused-ring (bicyclic) bond motifs is 1. The van der Waals surface area contributed by atoms with Crippen molar-refractivity contribution in [1.82, 2.24) is 15.8 Å².